The van der Waals surface area contributed by atoms with Crippen LogP contribution in [0.25, 0.3) is 6.08 Å². The summed E-state index contributed by atoms with van der Waals surface area (Å²) < 4.78 is 13.4. The lowest BCUT2D eigenvalue weighted by Gasteiger charge is -2.11. The highest BCUT2D eigenvalue weighted by Crippen LogP contribution is 2.15. The van der Waals surface area contributed by atoms with Gasteiger partial charge in [0.2, 0.25) is 5.91 Å². The molecule has 0 aliphatic rings. The van der Waals surface area contributed by atoms with Gasteiger partial charge in [0.15, 0.2) is 0 Å². The standard InChI is InChI=1S/C18H17ClFNO2/c19-15-10-8-14(9-11-15)17(22)12-21-18(23)7-3-5-13-4-1-2-6-16(13)20/h1-6,8-11,17,22H,7,12H2,(H,21,23)/b5-3+. The van der Waals surface area contributed by atoms with E-state index in [0.717, 1.165) is 0 Å². The van der Waals surface area contributed by atoms with Crippen molar-refractivity contribution >= 4 is 23.6 Å². The molecule has 0 radical (unpaired) electrons. The van der Waals surface area contributed by atoms with Crippen molar-refractivity contribution in [3.63, 3.8) is 0 Å². The van der Waals surface area contributed by atoms with Crippen molar-refractivity contribution in [1.29, 1.82) is 0 Å². The third kappa shape index (κ3) is 5.51. The van der Waals surface area contributed by atoms with E-state index in [2.05, 4.69) is 5.32 Å². The van der Waals surface area contributed by atoms with Crippen LogP contribution in [-0.2, 0) is 4.79 Å². The van der Waals surface area contributed by atoms with Crippen LogP contribution in [0.3, 0.4) is 0 Å². The third-order valence-corrected chi connectivity index (χ3v) is 3.51. The Morgan fingerprint density at radius 2 is 1.91 bits per heavy atom. The van der Waals surface area contributed by atoms with E-state index in [1.807, 2.05) is 0 Å². The van der Waals surface area contributed by atoms with E-state index < -0.39 is 6.10 Å². The minimum absolute atomic E-state index is 0.105. The Morgan fingerprint density at radius 3 is 2.61 bits per heavy atom. The summed E-state index contributed by atoms with van der Waals surface area (Å²) in [7, 11) is 0. The second kappa shape index (κ2) is 8.46. The van der Waals surface area contributed by atoms with Gasteiger partial charge in [0.05, 0.1) is 6.10 Å². The zero-order chi connectivity index (χ0) is 16.7. The molecule has 0 aliphatic heterocycles. The summed E-state index contributed by atoms with van der Waals surface area (Å²) in [4.78, 5) is 11.7. The molecule has 2 N–H and O–H groups in total. The first-order chi connectivity index (χ1) is 11.1. The molecule has 1 unspecified atom stereocenters. The molecule has 0 heterocycles. The van der Waals surface area contributed by atoms with E-state index >= 15 is 0 Å². The van der Waals surface area contributed by atoms with Gasteiger partial charge in [0.25, 0.3) is 0 Å². The van der Waals surface area contributed by atoms with E-state index in [0.29, 0.717) is 16.1 Å². The first-order valence-corrected chi connectivity index (χ1v) is 7.55. The van der Waals surface area contributed by atoms with Crippen molar-refractivity contribution < 1.29 is 14.3 Å². The second-order valence-corrected chi connectivity index (χ2v) is 5.44. The maximum absolute atomic E-state index is 13.4. The second-order valence-electron chi connectivity index (χ2n) is 5.00. The largest absolute Gasteiger partial charge is 0.387 e. The van der Waals surface area contributed by atoms with Gasteiger partial charge in [-0.05, 0) is 23.8 Å². The maximum Gasteiger partial charge on any atom is 0.223 e. The number of nitrogens with one attached hydrogen (secondary N) is 1. The summed E-state index contributed by atoms with van der Waals surface area (Å²) in [6.07, 6.45) is 2.46. The third-order valence-electron chi connectivity index (χ3n) is 3.25. The Balaban J connectivity index is 1.79. The van der Waals surface area contributed by atoms with Gasteiger partial charge in [-0.25, -0.2) is 4.39 Å². The van der Waals surface area contributed by atoms with Crippen molar-refractivity contribution in [2.45, 2.75) is 12.5 Å². The lowest BCUT2D eigenvalue weighted by Crippen LogP contribution is -2.27. The molecule has 23 heavy (non-hydrogen) atoms. The fourth-order valence-corrected chi connectivity index (χ4v) is 2.11. The molecule has 2 aromatic carbocycles. The quantitative estimate of drug-likeness (QED) is 0.846. The molecule has 5 heteroatoms. The average molecular weight is 334 g/mol. The number of hydrogen-bond donors (Lipinski definition) is 2. The molecule has 0 saturated carbocycles. The maximum atomic E-state index is 13.4. The lowest BCUT2D eigenvalue weighted by molar-refractivity contribution is -0.120. The van der Waals surface area contributed by atoms with Gasteiger partial charge in [-0.15, -0.1) is 0 Å². The Labute approximate surface area is 139 Å². The Bertz CT molecular complexity index is 686. The van der Waals surface area contributed by atoms with Crippen LogP contribution < -0.4 is 5.32 Å². The summed E-state index contributed by atoms with van der Waals surface area (Å²) in [6, 6.07) is 13.1. The summed E-state index contributed by atoms with van der Waals surface area (Å²) in [5, 5.41) is 13.2. The van der Waals surface area contributed by atoms with Gasteiger partial charge in [0, 0.05) is 23.6 Å². The molecule has 0 aliphatic carbocycles. The van der Waals surface area contributed by atoms with E-state index in [-0.39, 0.29) is 24.7 Å². The number of benzene rings is 2. The van der Waals surface area contributed by atoms with Crippen molar-refractivity contribution in [3.05, 3.63) is 76.6 Å². The van der Waals surface area contributed by atoms with E-state index in [1.165, 1.54) is 6.07 Å². The minimum atomic E-state index is -0.799. The van der Waals surface area contributed by atoms with Gasteiger partial charge in [-0.2, -0.15) is 0 Å². The van der Waals surface area contributed by atoms with Crippen LogP contribution in [0.4, 0.5) is 4.39 Å². The molecule has 0 aromatic heterocycles. The molecule has 0 bridgehead atoms. The monoisotopic (exact) mass is 333 g/mol. The van der Waals surface area contributed by atoms with Crippen LogP contribution >= 0.6 is 11.6 Å². The number of amides is 1. The molecule has 2 rings (SSSR count). The van der Waals surface area contributed by atoms with Crippen LogP contribution in [0.2, 0.25) is 5.02 Å². The Kier molecular flexibility index (Phi) is 6.32. The molecule has 120 valence electrons. The molecular formula is C18H17ClFNO2. The predicted octanol–water partition coefficient (Wildman–Crippen LogP) is 3.73. The summed E-state index contributed by atoms with van der Waals surface area (Å²) >= 11 is 5.78. The highest BCUT2D eigenvalue weighted by molar-refractivity contribution is 6.30. The smallest absolute Gasteiger partial charge is 0.223 e. The van der Waals surface area contributed by atoms with Gasteiger partial charge < -0.3 is 10.4 Å². The topological polar surface area (TPSA) is 49.3 Å². The molecule has 1 amide bonds. The molecule has 1 atom stereocenters. The fraction of sp³-hybridized carbons (Fsp3) is 0.167. The molecule has 0 spiro atoms. The van der Waals surface area contributed by atoms with Crippen LogP contribution in [0.5, 0.6) is 0 Å². The van der Waals surface area contributed by atoms with E-state index in [4.69, 9.17) is 11.6 Å². The SMILES string of the molecule is O=C(C/C=C/c1ccccc1F)NCC(O)c1ccc(Cl)cc1. The first-order valence-electron chi connectivity index (χ1n) is 7.17. The van der Waals surface area contributed by atoms with Gasteiger partial charge in [-0.1, -0.05) is 54.1 Å². The molecule has 3 nitrogen and oxygen atoms in total. The van der Waals surface area contributed by atoms with E-state index in [9.17, 15) is 14.3 Å². The summed E-state index contributed by atoms with van der Waals surface area (Å²) in [5.41, 5.74) is 1.11. The van der Waals surface area contributed by atoms with Crippen LogP contribution in [0.1, 0.15) is 23.7 Å². The lowest BCUT2D eigenvalue weighted by atomic mass is 10.1. The zero-order valence-corrected chi connectivity index (χ0v) is 13.1. The molecule has 0 fully saturated rings. The van der Waals surface area contributed by atoms with Crippen molar-refractivity contribution in [3.8, 4) is 0 Å². The van der Waals surface area contributed by atoms with E-state index in [1.54, 1.807) is 54.6 Å². The molecular weight excluding hydrogens is 317 g/mol. The minimum Gasteiger partial charge on any atom is -0.387 e. The van der Waals surface area contributed by atoms with Crippen LogP contribution in [0.15, 0.2) is 54.6 Å². The number of carbonyl (C=O) groups is 1. The Hall–Kier alpha value is -2.17. The molecule has 0 saturated heterocycles. The zero-order valence-electron chi connectivity index (χ0n) is 12.4. The van der Waals surface area contributed by atoms with Gasteiger partial charge >= 0.3 is 0 Å². The summed E-state index contributed by atoms with van der Waals surface area (Å²) in [6.45, 7) is 0.105. The Morgan fingerprint density at radius 1 is 1.22 bits per heavy atom. The van der Waals surface area contributed by atoms with Gasteiger partial charge in [0.1, 0.15) is 5.82 Å². The number of rotatable bonds is 6. The average Bonchev–Trinajstić information content (AvgIpc) is 2.55. The number of aliphatic hydroxyl groups is 1. The van der Waals surface area contributed by atoms with Crippen molar-refractivity contribution in [2.24, 2.45) is 0 Å². The summed E-state index contributed by atoms with van der Waals surface area (Å²) in [5.74, 6) is -0.576. The normalized spacial score (nSPS) is 12.3. The number of carbonyl (C=O) groups excluding carboxylic acids is 1. The van der Waals surface area contributed by atoms with Crippen LogP contribution in [0, 0.1) is 5.82 Å². The van der Waals surface area contributed by atoms with Crippen molar-refractivity contribution in [1.82, 2.24) is 5.32 Å². The number of hydrogen-bond acceptors (Lipinski definition) is 2. The van der Waals surface area contributed by atoms with Crippen molar-refractivity contribution in [2.75, 3.05) is 6.54 Å². The van der Waals surface area contributed by atoms with Gasteiger partial charge in [-0.3, -0.25) is 4.79 Å². The first kappa shape index (κ1) is 17.2. The fourth-order valence-electron chi connectivity index (χ4n) is 1.99. The highest BCUT2D eigenvalue weighted by Gasteiger charge is 2.08. The highest BCUT2D eigenvalue weighted by atomic mass is 35.5. The molecule has 2 aromatic rings. The predicted molar refractivity (Wildman–Crippen MR) is 89.5 cm³/mol. The van der Waals surface area contributed by atoms with Crippen LogP contribution in [-0.4, -0.2) is 17.6 Å². The number of halogens is 2. The number of aliphatic hydroxyl groups excluding tert-OH is 1.